The maximum absolute atomic E-state index is 13.3. The SMILES string of the molecule is C[C@@H]1[C@@]2(C)OC3=NC(=N)[C@@]1(C#N)[C@@]3(C#N)[C@@H](c1ccc(F)cc1)O2. The summed E-state index contributed by atoms with van der Waals surface area (Å²) in [6.07, 6.45) is -0.876. The van der Waals surface area contributed by atoms with Gasteiger partial charge in [-0.15, -0.1) is 0 Å². The van der Waals surface area contributed by atoms with Crippen molar-refractivity contribution in [2.24, 2.45) is 21.7 Å². The van der Waals surface area contributed by atoms with Crippen LogP contribution < -0.4 is 0 Å². The van der Waals surface area contributed by atoms with E-state index in [9.17, 15) is 14.9 Å². The van der Waals surface area contributed by atoms with Crippen LogP contribution in [0.1, 0.15) is 25.5 Å². The van der Waals surface area contributed by atoms with Crippen LogP contribution in [0, 0.1) is 50.6 Å². The molecular weight excluding hydrogens is 311 g/mol. The minimum Gasteiger partial charge on any atom is -0.447 e. The molecule has 0 amide bonds. The van der Waals surface area contributed by atoms with Crippen LogP contribution in [0.25, 0.3) is 0 Å². The van der Waals surface area contributed by atoms with E-state index in [-0.39, 0.29) is 11.7 Å². The van der Waals surface area contributed by atoms with Crippen LogP contribution >= 0.6 is 0 Å². The summed E-state index contributed by atoms with van der Waals surface area (Å²) < 4.78 is 25.1. The lowest BCUT2D eigenvalue weighted by Crippen LogP contribution is -2.70. The molecule has 4 bridgehead atoms. The number of benzene rings is 1. The van der Waals surface area contributed by atoms with Crippen molar-refractivity contribution < 1.29 is 13.9 Å². The van der Waals surface area contributed by atoms with Crippen LogP contribution in [0.2, 0.25) is 0 Å². The summed E-state index contributed by atoms with van der Waals surface area (Å²) in [6, 6.07) is 9.91. The average molecular weight is 324 g/mol. The van der Waals surface area contributed by atoms with E-state index < -0.39 is 34.5 Å². The van der Waals surface area contributed by atoms with Gasteiger partial charge < -0.3 is 9.47 Å². The number of nitrogens with one attached hydrogen (secondary N) is 1. The zero-order valence-corrected chi connectivity index (χ0v) is 13.0. The predicted molar refractivity (Wildman–Crippen MR) is 80.1 cm³/mol. The summed E-state index contributed by atoms with van der Waals surface area (Å²) in [4.78, 5) is 4.09. The summed E-state index contributed by atoms with van der Waals surface area (Å²) in [6.45, 7) is 3.40. The summed E-state index contributed by atoms with van der Waals surface area (Å²) in [7, 11) is 0. The molecule has 3 fully saturated rings. The van der Waals surface area contributed by atoms with E-state index in [4.69, 9.17) is 14.9 Å². The van der Waals surface area contributed by atoms with Crippen molar-refractivity contribution in [2.45, 2.75) is 25.7 Å². The number of ether oxygens (including phenoxy) is 2. The van der Waals surface area contributed by atoms with E-state index in [1.54, 1.807) is 13.8 Å². The van der Waals surface area contributed by atoms with Crippen LogP contribution in [-0.4, -0.2) is 17.5 Å². The van der Waals surface area contributed by atoms with E-state index in [1.165, 1.54) is 24.3 Å². The molecule has 4 aliphatic heterocycles. The number of fused-ring (bicyclic) bond motifs is 1. The molecule has 0 spiro atoms. The van der Waals surface area contributed by atoms with Gasteiger partial charge in [0.15, 0.2) is 10.8 Å². The van der Waals surface area contributed by atoms with Crippen LogP contribution in [-0.2, 0) is 9.47 Å². The first-order valence-corrected chi connectivity index (χ1v) is 7.48. The van der Waals surface area contributed by atoms with Crippen molar-refractivity contribution in [3.8, 4) is 12.1 Å². The van der Waals surface area contributed by atoms with E-state index in [0.717, 1.165) is 0 Å². The molecule has 24 heavy (non-hydrogen) atoms. The Morgan fingerprint density at radius 2 is 1.83 bits per heavy atom. The topological polar surface area (TPSA) is 102 Å². The van der Waals surface area contributed by atoms with Gasteiger partial charge in [-0.05, 0) is 17.7 Å². The Labute approximate surface area is 137 Å². The highest BCUT2D eigenvalue weighted by molar-refractivity contribution is 6.12. The first-order chi connectivity index (χ1) is 11.4. The van der Waals surface area contributed by atoms with E-state index in [0.29, 0.717) is 5.56 Å². The Bertz CT molecular complexity index is 883. The Hall–Kier alpha value is -2.77. The third-order valence-electron chi connectivity index (χ3n) is 5.55. The molecular formula is C17H13FN4O2. The molecule has 3 saturated heterocycles. The number of nitrogens with zero attached hydrogens (tertiary/aromatic N) is 3. The number of hydrogen-bond acceptors (Lipinski definition) is 5. The summed E-state index contributed by atoms with van der Waals surface area (Å²) >= 11 is 0. The second kappa shape index (κ2) is 4.19. The molecule has 1 aromatic carbocycles. The van der Waals surface area contributed by atoms with Gasteiger partial charge in [0.1, 0.15) is 17.8 Å². The van der Waals surface area contributed by atoms with E-state index in [2.05, 4.69) is 17.1 Å². The van der Waals surface area contributed by atoms with Gasteiger partial charge in [0.2, 0.25) is 11.7 Å². The van der Waals surface area contributed by atoms with Gasteiger partial charge in [0.05, 0.1) is 12.1 Å². The Morgan fingerprint density at radius 3 is 2.42 bits per heavy atom. The first kappa shape index (κ1) is 14.8. The molecule has 6 nitrogen and oxygen atoms in total. The van der Waals surface area contributed by atoms with Gasteiger partial charge in [-0.1, -0.05) is 19.1 Å². The monoisotopic (exact) mass is 324 g/mol. The number of aliphatic imine (C=N–C) groups is 1. The lowest BCUT2D eigenvalue weighted by Gasteiger charge is -2.59. The molecule has 0 saturated carbocycles. The lowest BCUT2D eigenvalue weighted by atomic mass is 9.51. The molecule has 4 aliphatic rings. The van der Waals surface area contributed by atoms with Gasteiger partial charge in [-0.25, -0.2) is 4.39 Å². The smallest absolute Gasteiger partial charge is 0.218 e. The third-order valence-corrected chi connectivity index (χ3v) is 5.55. The van der Waals surface area contributed by atoms with Crippen molar-refractivity contribution in [1.29, 1.82) is 15.9 Å². The third kappa shape index (κ3) is 1.30. The fraction of sp³-hybridized carbons (Fsp3) is 0.412. The Kier molecular flexibility index (Phi) is 2.59. The van der Waals surface area contributed by atoms with E-state index in [1.807, 2.05) is 0 Å². The summed E-state index contributed by atoms with van der Waals surface area (Å²) in [5, 5.41) is 28.3. The van der Waals surface area contributed by atoms with Crippen molar-refractivity contribution in [2.75, 3.05) is 0 Å². The average Bonchev–Trinajstić information content (AvgIpc) is 2.78. The molecule has 4 heterocycles. The highest BCUT2D eigenvalue weighted by atomic mass is 19.1. The minimum atomic E-state index is -1.56. The van der Waals surface area contributed by atoms with Gasteiger partial charge in [-0.2, -0.15) is 15.5 Å². The number of halogens is 1. The molecule has 0 aromatic heterocycles. The van der Waals surface area contributed by atoms with Crippen molar-refractivity contribution >= 4 is 11.7 Å². The summed E-state index contributed by atoms with van der Waals surface area (Å²) in [5.41, 5.74) is -2.49. The normalized spacial score (nSPS) is 42.0. The van der Waals surface area contributed by atoms with Gasteiger partial charge in [0, 0.05) is 12.8 Å². The molecule has 7 heteroatoms. The Balaban J connectivity index is 2.02. The number of hydrogen-bond donors (Lipinski definition) is 1. The quantitative estimate of drug-likeness (QED) is 0.857. The second-order valence-electron chi connectivity index (χ2n) is 6.49. The van der Waals surface area contributed by atoms with Crippen molar-refractivity contribution in [1.82, 2.24) is 0 Å². The largest absolute Gasteiger partial charge is 0.447 e. The fourth-order valence-corrected chi connectivity index (χ4v) is 4.11. The maximum Gasteiger partial charge on any atom is 0.218 e. The van der Waals surface area contributed by atoms with Crippen LogP contribution in [0.4, 0.5) is 4.39 Å². The highest BCUT2D eigenvalue weighted by Crippen LogP contribution is 2.69. The minimum absolute atomic E-state index is 0.0396. The number of rotatable bonds is 1. The number of nitriles is 2. The molecule has 0 radical (unpaired) electrons. The second-order valence-corrected chi connectivity index (χ2v) is 6.49. The zero-order chi connectivity index (χ0) is 17.3. The molecule has 5 atom stereocenters. The van der Waals surface area contributed by atoms with Crippen LogP contribution in [0.3, 0.4) is 0 Å². The standard InChI is InChI=1S/C17H13FN4O2/c1-9-15(2)23-12(10-3-5-11(18)6-4-10)17(8-20)14(24-15)22-13(21)16(9,17)7-19/h3-6,9,12,21H,1-2H3/t9-,12-,15-,16+,17+/m1/s1. The molecule has 1 N–H and O–H groups in total. The molecule has 0 aliphatic carbocycles. The predicted octanol–water partition coefficient (Wildman–Crippen LogP) is 2.69. The van der Waals surface area contributed by atoms with Crippen LogP contribution in [0.15, 0.2) is 29.3 Å². The molecule has 0 unspecified atom stereocenters. The Morgan fingerprint density at radius 1 is 1.21 bits per heavy atom. The molecule has 1 aromatic rings. The van der Waals surface area contributed by atoms with Gasteiger partial charge in [-0.3, -0.25) is 5.41 Å². The van der Waals surface area contributed by atoms with Crippen molar-refractivity contribution in [3.05, 3.63) is 35.6 Å². The van der Waals surface area contributed by atoms with Crippen LogP contribution in [0.5, 0.6) is 0 Å². The molecule has 120 valence electrons. The highest BCUT2D eigenvalue weighted by Gasteiger charge is 2.81. The summed E-state index contributed by atoms with van der Waals surface area (Å²) in [5.74, 6) is -2.33. The zero-order valence-electron chi connectivity index (χ0n) is 13.0. The maximum atomic E-state index is 13.3. The number of amidine groups is 1. The van der Waals surface area contributed by atoms with Gasteiger partial charge in [0.25, 0.3) is 0 Å². The van der Waals surface area contributed by atoms with Gasteiger partial charge >= 0.3 is 0 Å². The van der Waals surface area contributed by atoms with E-state index >= 15 is 0 Å². The molecule has 5 rings (SSSR count). The fourth-order valence-electron chi connectivity index (χ4n) is 4.11. The first-order valence-electron chi connectivity index (χ1n) is 7.48. The van der Waals surface area contributed by atoms with Crippen molar-refractivity contribution in [3.63, 3.8) is 0 Å². The lowest BCUT2D eigenvalue weighted by molar-refractivity contribution is -0.332.